The summed E-state index contributed by atoms with van der Waals surface area (Å²) >= 11 is 0. The lowest BCUT2D eigenvalue weighted by molar-refractivity contribution is 1.18. The average Bonchev–Trinajstić information content (AvgIpc) is 3.95. The fourth-order valence-electron chi connectivity index (χ4n) is 11.9. The van der Waals surface area contributed by atoms with Gasteiger partial charge >= 0.3 is 0 Å². The van der Waals surface area contributed by atoms with Crippen LogP contribution in [0.3, 0.4) is 0 Å². The van der Waals surface area contributed by atoms with Gasteiger partial charge in [-0.05, 0) is 135 Å². The van der Waals surface area contributed by atoms with Crippen LogP contribution in [0.1, 0.15) is 0 Å². The van der Waals surface area contributed by atoms with Crippen molar-refractivity contribution in [2.24, 2.45) is 0 Å². The van der Waals surface area contributed by atoms with Crippen molar-refractivity contribution in [1.82, 2.24) is 4.57 Å². The van der Waals surface area contributed by atoms with E-state index in [9.17, 15) is 0 Å². The largest absolute Gasteiger partial charge is 0.309 e. The van der Waals surface area contributed by atoms with E-state index in [4.69, 9.17) is 0 Å². The molecule has 2 heterocycles. The van der Waals surface area contributed by atoms with Gasteiger partial charge < -0.3 is 4.57 Å². The first-order valence-electron chi connectivity index (χ1n) is 25.0. The summed E-state index contributed by atoms with van der Waals surface area (Å²) in [5, 5.41) is 10.6. The Morgan fingerprint density at radius 1 is 0.236 bits per heavy atom. The fourth-order valence-corrected chi connectivity index (χ4v) is 17.1. The van der Waals surface area contributed by atoms with E-state index in [0.29, 0.717) is 0 Å². The van der Waals surface area contributed by atoms with Crippen molar-refractivity contribution in [1.29, 1.82) is 0 Å². The van der Waals surface area contributed by atoms with E-state index in [1.807, 2.05) is 0 Å². The van der Waals surface area contributed by atoms with E-state index in [1.54, 1.807) is 0 Å². The maximum absolute atomic E-state index is 2.91. The van der Waals surface area contributed by atoms with Gasteiger partial charge in [0.25, 0.3) is 0 Å². The lowest BCUT2D eigenvalue weighted by Crippen LogP contribution is -2.72. The van der Waals surface area contributed by atoms with Crippen molar-refractivity contribution in [3.05, 3.63) is 285 Å². The van der Waals surface area contributed by atoms with E-state index < -0.39 is 8.07 Å². The molecule has 2 heteroatoms. The first kappa shape index (κ1) is 41.9. The molecule has 0 bridgehead atoms. The molecule has 0 saturated heterocycles. The summed E-state index contributed by atoms with van der Waals surface area (Å²) in [4.78, 5) is 0. The molecule has 1 aliphatic heterocycles. The van der Waals surface area contributed by atoms with E-state index in [1.165, 1.54) is 126 Å². The Morgan fingerprint density at radius 2 is 0.639 bits per heavy atom. The van der Waals surface area contributed by atoms with E-state index in [2.05, 4.69) is 290 Å². The van der Waals surface area contributed by atoms with E-state index in [0.717, 1.165) is 0 Å². The average molecular weight is 930 g/mol. The summed E-state index contributed by atoms with van der Waals surface area (Å²) in [5.41, 5.74) is 18.4. The van der Waals surface area contributed by atoms with Gasteiger partial charge in [-0.15, -0.1) is 0 Å². The zero-order chi connectivity index (χ0) is 47.6. The second kappa shape index (κ2) is 17.1. The molecule has 0 amide bonds. The fraction of sp³-hybridized carbons (Fsp3) is 0. The van der Waals surface area contributed by atoms with Crippen LogP contribution >= 0.6 is 0 Å². The molecule has 0 radical (unpaired) electrons. The summed E-state index contributed by atoms with van der Waals surface area (Å²) in [5.74, 6) is 0. The van der Waals surface area contributed by atoms with Gasteiger partial charge in [-0.2, -0.15) is 0 Å². The van der Waals surface area contributed by atoms with Gasteiger partial charge in [0.15, 0.2) is 8.07 Å². The molecular formula is C70H47NSi. The van der Waals surface area contributed by atoms with Gasteiger partial charge in [-0.25, -0.2) is 0 Å². The standard InChI is InChI=1S/C70H47NSi/c1-5-16-48(17-6-1)50-28-32-52(33-29-50)55-37-42-67-65(44-55)66-45-56(53-34-30-51(31-35-53)49-18-7-2-8-19-49)38-43-68(66)71(67)58-39-41-64-63-40-36-57(62-27-15-21-54-20-13-14-26-61(54)62)46-69(63)72(70(64)47-58,59-22-9-3-10-23-59)60-24-11-4-12-25-60/h1-47H. The number of aromatic nitrogens is 1. The maximum atomic E-state index is 2.56. The van der Waals surface area contributed by atoms with Crippen molar-refractivity contribution in [3.63, 3.8) is 0 Å². The van der Waals surface area contributed by atoms with Crippen molar-refractivity contribution in [3.8, 4) is 72.4 Å². The summed E-state index contributed by atoms with van der Waals surface area (Å²) in [6, 6.07) is 106. The monoisotopic (exact) mass is 929 g/mol. The highest BCUT2D eigenvalue weighted by molar-refractivity contribution is 7.22. The van der Waals surface area contributed by atoms with E-state index in [-0.39, 0.29) is 0 Å². The van der Waals surface area contributed by atoms with Crippen LogP contribution in [0.5, 0.6) is 0 Å². The Hall–Kier alpha value is -9.08. The third-order valence-electron chi connectivity index (χ3n) is 15.3. The third kappa shape index (κ3) is 6.76. The Bertz CT molecular complexity index is 3970. The molecule has 1 aromatic heterocycles. The van der Waals surface area contributed by atoms with Crippen LogP contribution < -0.4 is 20.7 Å². The normalized spacial score (nSPS) is 12.6. The first-order valence-corrected chi connectivity index (χ1v) is 27.0. The minimum Gasteiger partial charge on any atom is -0.309 e. The molecule has 13 aromatic rings. The van der Waals surface area contributed by atoms with Crippen molar-refractivity contribution >= 4 is 61.4 Å². The molecule has 0 unspecified atom stereocenters. The summed E-state index contributed by atoms with van der Waals surface area (Å²) in [6.07, 6.45) is 0. The van der Waals surface area contributed by atoms with Crippen LogP contribution in [-0.2, 0) is 0 Å². The zero-order valence-electron chi connectivity index (χ0n) is 39.6. The summed E-state index contributed by atoms with van der Waals surface area (Å²) in [7, 11) is -2.91. The van der Waals surface area contributed by atoms with Gasteiger partial charge in [0.1, 0.15) is 0 Å². The first-order chi connectivity index (χ1) is 35.7. The minimum atomic E-state index is -2.91. The second-order valence-electron chi connectivity index (χ2n) is 19.2. The highest BCUT2D eigenvalue weighted by Gasteiger charge is 2.49. The van der Waals surface area contributed by atoms with Crippen LogP contribution in [0.4, 0.5) is 0 Å². The van der Waals surface area contributed by atoms with Crippen molar-refractivity contribution < 1.29 is 0 Å². The van der Waals surface area contributed by atoms with Gasteiger partial charge in [0, 0.05) is 16.5 Å². The predicted octanol–water partition coefficient (Wildman–Crippen LogP) is 15.6. The highest BCUT2D eigenvalue weighted by Crippen LogP contribution is 2.40. The molecular weight excluding hydrogens is 883 g/mol. The molecule has 0 aliphatic carbocycles. The van der Waals surface area contributed by atoms with Crippen LogP contribution in [0.2, 0.25) is 0 Å². The quantitative estimate of drug-likeness (QED) is 0.134. The molecule has 0 fully saturated rings. The van der Waals surface area contributed by atoms with Gasteiger partial charge in [-0.3, -0.25) is 0 Å². The summed E-state index contributed by atoms with van der Waals surface area (Å²) in [6.45, 7) is 0. The Kier molecular flexibility index (Phi) is 9.94. The van der Waals surface area contributed by atoms with Gasteiger partial charge in [0.05, 0.1) is 11.0 Å². The second-order valence-corrected chi connectivity index (χ2v) is 22.9. The molecule has 0 saturated carbocycles. The van der Waals surface area contributed by atoms with Crippen molar-refractivity contribution in [2.75, 3.05) is 0 Å². The number of nitrogens with zero attached hydrogens (tertiary/aromatic N) is 1. The van der Waals surface area contributed by atoms with Gasteiger partial charge in [-0.1, -0.05) is 249 Å². The lowest BCUT2D eigenvalue weighted by Gasteiger charge is -2.32. The lowest BCUT2D eigenvalue weighted by atomic mass is 9.96. The third-order valence-corrected chi connectivity index (χ3v) is 20.2. The molecule has 1 aliphatic rings. The molecule has 0 spiro atoms. The van der Waals surface area contributed by atoms with Crippen LogP contribution in [0.15, 0.2) is 285 Å². The number of fused-ring (bicyclic) bond motifs is 7. The Morgan fingerprint density at radius 3 is 1.18 bits per heavy atom. The number of rotatable bonds is 8. The molecule has 0 N–H and O–H groups in total. The Balaban J connectivity index is 0.978. The van der Waals surface area contributed by atoms with Crippen molar-refractivity contribution in [2.45, 2.75) is 0 Å². The number of hydrogen-bond donors (Lipinski definition) is 0. The molecule has 336 valence electrons. The SMILES string of the molecule is c1ccc(-c2ccc(-c3ccc4c(c3)c3cc(-c5ccc(-c6ccccc6)cc5)ccc3n4-c3ccc4c(c3)[Si](c3ccccc3)(c3ccccc3)c3cc(-c5cccc6ccccc56)ccc3-4)cc2)cc1. The van der Waals surface area contributed by atoms with Crippen LogP contribution in [-0.4, -0.2) is 12.6 Å². The van der Waals surface area contributed by atoms with Crippen LogP contribution in [0.25, 0.3) is 105 Å². The maximum Gasteiger partial charge on any atom is 0.180 e. The highest BCUT2D eigenvalue weighted by atomic mass is 28.3. The molecule has 12 aromatic carbocycles. The van der Waals surface area contributed by atoms with Gasteiger partial charge in [0.2, 0.25) is 0 Å². The molecule has 72 heavy (non-hydrogen) atoms. The molecule has 1 nitrogen and oxygen atoms in total. The summed E-state index contributed by atoms with van der Waals surface area (Å²) < 4.78 is 2.52. The minimum absolute atomic E-state index is 1.17. The number of benzene rings is 12. The Labute approximate surface area is 421 Å². The smallest absolute Gasteiger partial charge is 0.180 e. The predicted molar refractivity (Wildman–Crippen MR) is 308 cm³/mol. The zero-order valence-corrected chi connectivity index (χ0v) is 40.6. The molecule has 0 atom stereocenters. The van der Waals surface area contributed by atoms with Crippen LogP contribution in [0, 0.1) is 0 Å². The molecule has 14 rings (SSSR count). The topological polar surface area (TPSA) is 4.93 Å². The van der Waals surface area contributed by atoms with E-state index >= 15 is 0 Å². The number of hydrogen-bond acceptors (Lipinski definition) is 0.